The Labute approximate surface area is 136 Å². The lowest BCUT2D eigenvalue weighted by Gasteiger charge is -2.12. The fraction of sp³-hybridized carbons (Fsp3) is 0.111. The van der Waals surface area contributed by atoms with Gasteiger partial charge in [0.15, 0.2) is 5.78 Å². The number of hydrogen-bond acceptors (Lipinski definition) is 2. The van der Waals surface area contributed by atoms with Crippen LogP contribution in [0.4, 0.5) is 0 Å². The highest BCUT2D eigenvalue weighted by atomic mass is 35.5. The second-order valence-corrected chi connectivity index (χ2v) is 4.99. The molecule has 1 unspecified atom stereocenters. The fourth-order valence-corrected chi connectivity index (χ4v) is 2.33. The highest BCUT2D eigenvalue weighted by Gasteiger charge is 2.16. The summed E-state index contributed by atoms with van der Waals surface area (Å²) in [5, 5.41) is 0. The molecule has 0 aliphatic rings. The first kappa shape index (κ1) is 16.0. The zero-order valence-electron chi connectivity index (χ0n) is 12.2. The maximum Gasteiger partial charge on any atom is 0.185 e. The van der Waals surface area contributed by atoms with E-state index in [4.69, 9.17) is 0 Å². The van der Waals surface area contributed by atoms with Crippen molar-refractivity contribution in [3.8, 4) is 11.1 Å². The summed E-state index contributed by atoms with van der Waals surface area (Å²) in [6.07, 6.45) is 5.16. The van der Waals surface area contributed by atoms with Crippen molar-refractivity contribution in [2.24, 2.45) is 0 Å². The average Bonchev–Trinajstić information content (AvgIpc) is 3.09. The Balaban J connectivity index is 0.00000176. The van der Waals surface area contributed by atoms with Crippen molar-refractivity contribution >= 4 is 18.2 Å². The largest absolute Gasteiger partial charge is 0.327 e. The molecule has 1 aromatic heterocycles. The van der Waals surface area contributed by atoms with E-state index in [1.807, 2.05) is 54.0 Å². The summed E-state index contributed by atoms with van der Waals surface area (Å²) in [5.41, 5.74) is 2.98. The first-order valence-electron chi connectivity index (χ1n) is 6.93. The van der Waals surface area contributed by atoms with Crippen LogP contribution in [0.5, 0.6) is 0 Å². The summed E-state index contributed by atoms with van der Waals surface area (Å²) in [5.74, 6) is 0.0904. The third-order valence-electron chi connectivity index (χ3n) is 3.63. The molecule has 0 N–H and O–H groups in total. The average molecular weight is 313 g/mol. The summed E-state index contributed by atoms with van der Waals surface area (Å²) in [6.45, 7) is 1.88. The van der Waals surface area contributed by atoms with E-state index in [1.165, 1.54) is 0 Å². The molecule has 0 aliphatic carbocycles. The normalized spacial score (nSPS) is 11.5. The van der Waals surface area contributed by atoms with Crippen molar-refractivity contribution in [3.05, 3.63) is 78.9 Å². The molecule has 2 aromatic carbocycles. The number of benzene rings is 2. The monoisotopic (exact) mass is 312 g/mol. The summed E-state index contributed by atoms with van der Waals surface area (Å²) >= 11 is 0. The Morgan fingerprint density at radius 2 is 1.64 bits per heavy atom. The minimum Gasteiger partial charge on any atom is -0.327 e. The first-order valence-corrected chi connectivity index (χ1v) is 6.93. The molecule has 1 atom stereocenters. The predicted molar refractivity (Wildman–Crippen MR) is 90.4 cm³/mol. The third-order valence-corrected chi connectivity index (χ3v) is 3.63. The van der Waals surface area contributed by atoms with Crippen LogP contribution in [0, 0.1) is 0 Å². The van der Waals surface area contributed by atoms with Gasteiger partial charge in [-0.15, -0.1) is 12.4 Å². The molecule has 22 heavy (non-hydrogen) atoms. The van der Waals surface area contributed by atoms with E-state index in [2.05, 4.69) is 17.1 Å². The highest BCUT2D eigenvalue weighted by Crippen LogP contribution is 2.21. The number of carbonyl (C=O) groups excluding carboxylic acids is 1. The molecule has 0 saturated heterocycles. The molecule has 0 bridgehead atoms. The second kappa shape index (κ2) is 7.05. The van der Waals surface area contributed by atoms with Crippen LogP contribution in [0.3, 0.4) is 0 Å². The quantitative estimate of drug-likeness (QED) is 0.669. The molecule has 112 valence electrons. The van der Waals surface area contributed by atoms with E-state index in [1.54, 1.807) is 18.7 Å². The van der Waals surface area contributed by atoms with Gasteiger partial charge in [0, 0.05) is 18.0 Å². The van der Waals surface area contributed by atoms with Gasteiger partial charge in [0.1, 0.15) is 0 Å². The van der Waals surface area contributed by atoms with Gasteiger partial charge in [0.2, 0.25) is 0 Å². The number of aromatic nitrogens is 2. The Morgan fingerprint density at radius 3 is 2.23 bits per heavy atom. The van der Waals surface area contributed by atoms with Crippen molar-refractivity contribution in [2.75, 3.05) is 0 Å². The van der Waals surface area contributed by atoms with Crippen LogP contribution in [0.1, 0.15) is 23.3 Å². The van der Waals surface area contributed by atoms with Gasteiger partial charge in [-0.3, -0.25) is 4.79 Å². The topological polar surface area (TPSA) is 34.9 Å². The van der Waals surface area contributed by atoms with Crippen LogP contribution in [0.25, 0.3) is 11.1 Å². The minimum atomic E-state index is -0.241. The van der Waals surface area contributed by atoms with Gasteiger partial charge >= 0.3 is 0 Å². The molecule has 3 aromatic rings. The standard InChI is InChI=1S/C18H16N2O.ClH/c1-14(20-12-11-19-13-20)18(21)17-9-7-16(8-10-17)15-5-3-2-4-6-15;/h2-14H,1H3;1H. The molecule has 0 aliphatic heterocycles. The number of hydrogen-bond donors (Lipinski definition) is 0. The molecular weight excluding hydrogens is 296 g/mol. The van der Waals surface area contributed by atoms with E-state index in [0.29, 0.717) is 0 Å². The van der Waals surface area contributed by atoms with Gasteiger partial charge in [-0.2, -0.15) is 0 Å². The van der Waals surface area contributed by atoms with Gasteiger partial charge in [-0.1, -0.05) is 54.6 Å². The van der Waals surface area contributed by atoms with Crippen molar-refractivity contribution in [2.45, 2.75) is 13.0 Å². The van der Waals surface area contributed by atoms with Crippen molar-refractivity contribution in [1.82, 2.24) is 9.55 Å². The van der Waals surface area contributed by atoms with E-state index in [-0.39, 0.29) is 24.2 Å². The van der Waals surface area contributed by atoms with E-state index in [0.717, 1.165) is 16.7 Å². The summed E-state index contributed by atoms with van der Waals surface area (Å²) in [6, 6.07) is 17.6. The number of Topliss-reactive ketones (excluding diaryl/α,β-unsaturated/α-hetero) is 1. The molecule has 0 fully saturated rings. The first-order chi connectivity index (χ1) is 10.3. The predicted octanol–water partition coefficient (Wildman–Crippen LogP) is 4.42. The van der Waals surface area contributed by atoms with Crippen LogP contribution in [-0.4, -0.2) is 15.3 Å². The molecular formula is C18H17ClN2O. The second-order valence-electron chi connectivity index (χ2n) is 4.99. The molecule has 1 heterocycles. The number of nitrogens with zero attached hydrogens (tertiary/aromatic N) is 2. The molecule has 3 nitrogen and oxygen atoms in total. The molecule has 0 saturated carbocycles. The van der Waals surface area contributed by atoms with Crippen LogP contribution >= 0.6 is 12.4 Å². The number of ketones is 1. The Kier molecular flexibility index (Phi) is 5.12. The van der Waals surface area contributed by atoms with Crippen LogP contribution < -0.4 is 0 Å². The number of imidazole rings is 1. The smallest absolute Gasteiger partial charge is 0.185 e. The maximum absolute atomic E-state index is 12.4. The van der Waals surface area contributed by atoms with Gasteiger partial charge in [0.25, 0.3) is 0 Å². The third kappa shape index (κ3) is 3.26. The molecule has 0 spiro atoms. The summed E-state index contributed by atoms with van der Waals surface area (Å²) in [4.78, 5) is 16.4. The lowest BCUT2D eigenvalue weighted by molar-refractivity contribution is 0.0935. The van der Waals surface area contributed by atoms with Crippen LogP contribution in [-0.2, 0) is 0 Å². The van der Waals surface area contributed by atoms with Crippen molar-refractivity contribution in [3.63, 3.8) is 0 Å². The zero-order valence-corrected chi connectivity index (χ0v) is 13.0. The number of carbonyl (C=O) groups is 1. The molecule has 0 radical (unpaired) electrons. The number of halogens is 1. The van der Waals surface area contributed by atoms with Crippen molar-refractivity contribution < 1.29 is 4.79 Å². The molecule has 0 amide bonds. The van der Waals surface area contributed by atoms with Gasteiger partial charge < -0.3 is 4.57 Å². The lowest BCUT2D eigenvalue weighted by atomic mass is 10.0. The SMILES string of the molecule is CC(C(=O)c1ccc(-c2ccccc2)cc1)n1ccnc1.Cl. The Bertz CT molecular complexity index is 722. The Morgan fingerprint density at radius 1 is 1.00 bits per heavy atom. The summed E-state index contributed by atoms with van der Waals surface area (Å²) in [7, 11) is 0. The maximum atomic E-state index is 12.4. The number of rotatable bonds is 4. The van der Waals surface area contributed by atoms with E-state index in [9.17, 15) is 4.79 Å². The molecule has 3 rings (SSSR count). The Hall–Kier alpha value is -2.39. The highest BCUT2D eigenvalue weighted by molar-refractivity contribution is 5.99. The zero-order chi connectivity index (χ0) is 14.7. The minimum absolute atomic E-state index is 0. The van der Waals surface area contributed by atoms with Gasteiger partial charge in [-0.05, 0) is 18.1 Å². The van der Waals surface area contributed by atoms with E-state index < -0.39 is 0 Å². The fourth-order valence-electron chi connectivity index (χ4n) is 2.33. The van der Waals surface area contributed by atoms with Crippen LogP contribution in [0.2, 0.25) is 0 Å². The molecule has 4 heteroatoms. The van der Waals surface area contributed by atoms with Crippen molar-refractivity contribution in [1.29, 1.82) is 0 Å². The lowest BCUT2D eigenvalue weighted by Crippen LogP contribution is -2.15. The van der Waals surface area contributed by atoms with Gasteiger partial charge in [-0.25, -0.2) is 4.98 Å². The summed E-state index contributed by atoms with van der Waals surface area (Å²) < 4.78 is 1.81. The van der Waals surface area contributed by atoms with Gasteiger partial charge in [0.05, 0.1) is 12.4 Å². The van der Waals surface area contributed by atoms with Crippen LogP contribution in [0.15, 0.2) is 73.3 Å². The van der Waals surface area contributed by atoms with E-state index >= 15 is 0 Å².